The summed E-state index contributed by atoms with van der Waals surface area (Å²) in [5.74, 6) is 0.627. The number of hydrogen-bond acceptors (Lipinski definition) is 4. The summed E-state index contributed by atoms with van der Waals surface area (Å²) < 4.78 is 34.9. The van der Waals surface area contributed by atoms with Gasteiger partial charge in [0.05, 0.1) is 12.2 Å². The molecule has 130 valence electrons. The molecule has 6 nitrogen and oxygen atoms in total. The average Bonchev–Trinajstić information content (AvgIpc) is 2.44. The van der Waals surface area contributed by atoms with E-state index in [9.17, 15) is 8.42 Å². The lowest BCUT2D eigenvalue weighted by Gasteiger charge is -2.39. The second-order valence-electron chi connectivity index (χ2n) is 7.00. The minimum Gasteiger partial charge on any atom is -0.373 e. The van der Waals surface area contributed by atoms with Gasteiger partial charge in [-0.05, 0) is 39.5 Å². The summed E-state index contributed by atoms with van der Waals surface area (Å²) in [6, 6.07) is 0.173. The maximum atomic E-state index is 12.4. The molecule has 0 saturated carbocycles. The Morgan fingerprint density at radius 3 is 2.23 bits per heavy atom. The first kappa shape index (κ1) is 18.1. The van der Waals surface area contributed by atoms with Gasteiger partial charge in [-0.25, -0.2) is 4.72 Å². The van der Waals surface area contributed by atoms with Crippen LogP contribution < -0.4 is 4.72 Å². The molecular formula is C15H31N3O3S. The molecule has 0 radical (unpaired) electrons. The third kappa shape index (κ3) is 4.89. The van der Waals surface area contributed by atoms with Crippen molar-refractivity contribution >= 4 is 10.2 Å². The van der Waals surface area contributed by atoms with Crippen LogP contribution in [0, 0.1) is 5.92 Å². The lowest BCUT2D eigenvalue weighted by molar-refractivity contribution is -0.0776. The first-order valence-electron chi connectivity index (χ1n) is 8.42. The monoisotopic (exact) mass is 333 g/mol. The molecule has 1 N–H and O–H groups in total. The Balaban J connectivity index is 1.83. The van der Waals surface area contributed by atoms with Crippen molar-refractivity contribution in [3.63, 3.8) is 0 Å². The Morgan fingerprint density at radius 1 is 1.14 bits per heavy atom. The van der Waals surface area contributed by atoms with E-state index in [1.165, 1.54) is 0 Å². The van der Waals surface area contributed by atoms with Crippen LogP contribution >= 0.6 is 0 Å². The average molecular weight is 333 g/mol. The maximum Gasteiger partial charge on any atom is 0.279 e. The Bertz CT molecular complexity index is 439. The van der Waals surface area contributed by atoms with Crippen LogP contribution in [0.3, 0.4) is 0 Å². The zero-order valence-corrected chi connectivity index (χ0v) is 15.1. The van der Waals surface area contributed by atoms with Gasteiger partial charge in [0.2, 0.25) is 0 Å². The van der Waals surface area contributed by atoms with E-state index in [2.05, 4.69) is 37.3 Å². The Hall–Kier alpha value is -0.210. The molecule has 2 rings (SSSR count). The molecule has 2 heterocycles. The molecule has 2 aliphatic rings. The topological polar surface area (TPSA) is 61.9 Å². The number of hydrogen-bond donors (Lipinski definition) is 1. The van der Waals surface area contributed by atoms with Gasteiger partial charge in [0.1, 0.15) is 0 Å². The van der Waals surface area contributed by atoms with Gasteiger partial charge in [0, 0.05) is 38.8 Å². The predicted octanol–water partition coefficient (Wildman–Crippen LogP) is 1.05. The summed E-state index contributed by atoms with van der Waals surface area (Å²) in [4.78, 5) is 2.31. The zero-order chi connectivity index (χ0) is 16.3. The van der Waals surface area contributed by atoms with Crippen LogP contribution in [0.1, 0.15) is 40.5 Å². The molecule has 0 aromatic carbocycles. The summed E-state index contributed by atoms with van der Waals surface area (Å²) in [5.41, 5.74) is 0. The molecule has 3 atom stereocenters. The molecule has 7 heteroatoms. The molecule has 22 heavy (non-hydrogen) atoms. The molecule has 0 bridgehead atoms. The summed E-state index contributed by atoms with van der Waals surface area (Å²) in [6.07, 6.45) is 2.31. The third-order valence-electron chi connectivity index (χ3n) is 4.71. The molecule has 0 aromatic heterocycles. The van der Waals surface area contributed by atoms with Crippen LogP contribution in [-0.2, 0) is 14.9 Å². The van der Waals surface area contributed by atoms with E-state index >= 15 is 0 Å². The second kappa shape index (κ2) is 7.57. The number of piperidine rings is 1. The Kier molecular flexibility index (Phi) is 6.24. The minimum atomic E-state index is -3.34. The SMILES string of the molecule is CC1CCN(S(=O)(=O)NC[C@@H](C)N2C[C@@H](C)O[C@@H](C)C2)CC1. The second-order valence-corrected chi connectivity index (χ2v) is 8.75. The van der Waals surface area contributed by atoms with Gasteiger partial charge < -0.3 is 4.74 Å². The van der Waals surface area contributed by atoms with Gasteiger partial charge in [-0.2, -0.15) is 12.7 Å². The Morgan fingerprint density at radius 2 is 1.68 bits per heavy atom. The van der Waals surface area contributed by atoms with Crippen LogP contribution in [0.5, 0.6) is 0 Å². The summed E-state index contributed by atoms with van der Waals surface area (Å²) in [6.45, 7) is 11.8. The number of morpholine rings is 1. The van der Waals surface area contributed by atoms with E-state index in [1.807, 2.05) is 0 Å². The molecule has 0 unspecified atom stereocenters. The first-order valence-corrected chi connectivity index (χ1v) is 9.86. The van der Waals surface area contributed by atoms with Crippen molar-refractivity contribution < 1.29 is 13.2 Å². The summed E-state index contributed by atoms with van der Waals surface area (Å²) in [7, 11) is -3.34. The summed E-state index contributed by atoms with van der Waals surface area (Å²) >= 11 is 0. The maximum absolute atomic E-state index is 12.4. The van der Waals surface area contributed by atoms with Crippen LogP contribution in [0.15, 0.2) is 0 Å². The highest BCUT2D eigenvalue weighted by Gasteiger charge is 2.29. The normalized spacial score (nSPS) is 31.3. The lowest BCUT2D eigenvalue weighted by Crippen LogP contribution is -2.53. The molecule has 0 aromatic rings. The van der Waals surface area contributed by atoms with E-state index in [-0.39, 0.29) is 18.2 Å². The zero-order valence-electron chi connectivity index (χ0n) is 14.3. The molecule has 0 spiro atoms. The van der Waals surface area contributed by atoms with Gasteiger partial charge in [-0.1, -0.05) is 6.92 Å². The van der Waals surface area contributed by atoms with Gasteiger partial charge in [-0.3, -0.25) is 4.90 Å². The minimum absolute atomic E-state index is 0.173. The highest BCUT2D eigenvalue weighted by atomic mass is 32.2. The fourth-order valence-corrected chi connectivity index (χ4v) is 4.58. The number of nitrogens with one attached hydrogen (secondary N) is 1. The lowest BCUT2D eigenvalue weighted by atomic mass is 10.0. The van der Waals surface area contributed by atoms with Crippen LogP contribution in [-0.4, -0.2) is 68.6 Å². The third-order valence-corrected chi connectivity index (χ3v) is 6.29. The van der Waals surface area contributed by atoms with Crippen molar-refractivity contribution in [2.24, 2.45) is 5.92 Å². The molecule has 2 fully saturated rings. The number of rotatable bonds is 5. The van der Waals surface area contributed by atoms with Crippen LogP contribution in [0.25, 0.3) is 0 Å². The standard InChI is InChI=1S/C15H31N3O3S/c1-12-5-7-18(8-6-12)22(19,20)16-9-13(2)17-10-14(3)21-15(4)11-17/h12-16H,5-11H2,1-4H3/t13-,14-,15+/m1/s1. The van der Waals surface area contributed by atoms with Crippen molar-refractivity contribution in [3.05, 3.63) is 0 Å². The van der Waals surface area contributed by atoms with Gasteiger partial charge in [0.25, 0.3) is 10.2 Å². The van der Waals surface area contributed by atoms with Crippen molar-refractivity contribution in [2.45, 2.75) is 58.8 Å². The van der Waals surface area contributed by atoms with E-state index in [0.717, 1.165) is 25.9 Å². The van der Waals surface area contributed by atoms with Crippen molar-refractivity contribution in [2.75, 3.05) is 32.7 Å². The molecule has 0 aliphatic carbocycles. The van der Waals surface area contributed by atoms with E-state index < -0.39 is 10.2 Å². The molecular weight excluding hydrogens is 302 g/mol. The summed E-state index contributed by atoms with van der Waals surface area (Å²) in [5, 5.41) is 0. The van der Waals surface area contributed by atoms with E-state index in [0.29, 0.717) is 25.6 Å². The first-order chi connectivity index (χ1) is 10.3. The highest BCUT2D eigenvalue weighted by Crippen LogP contribution is 2.18. The van der Waals surface area contributed by atoms with E-state index in [4.69, 9.17) is 4.74 Å². The van der Waals surface area contributed by atoms with Crippen molar-refractivity contribution in [3.8, 4) is 0 Å². The van der Waals surface area contributed by atoms with Crippen LogP contribution in [0.2, 0.25) is 0 Å². The number of ether oxygens (including phenoxy) is 1. The predicted molar refractivity (Wildman–Crippen MR) is 87.9 cm³/mol. The highest BCUT2D eigenvalue weighted by molar-refractivity contribution is 7.87. The van der Waals surface area contributed by atoms with Crippen LogP contribution in [0.4, 0.5) is 0 Å². The quantitative estimate of drug-likeness (QED) is 0.817. The molecule has 0 amide bonds. The molecule has 2 saturated heterocycles. The van der Waals surface area contributed by atoms with Gasteiger partial charge in [0.15, 0.2) is 0 Å². The van der Waals surface area contributed by atoms with Gasteiger partial charge >= 0.3 is 0 Å². The van der Waals surface area contributed by atoms with E-state index in [1.54, 1.807) is 4.31 Å². The molecule has 2 aliphatic heterocycles. The fraction of sp³-hybridized carbons (Fsp3) is 1.00. The fourth-order valence-electron chi connectivity index (χ4n) is 3.25. The van der Waals surface area contributed by atoms with Crippen molar-refractivity contribution in [1.29, 1.82) is 0 Å². The smallest absolute Gasteiger partial charge is 0.279 e. The Labute approximate surface area is 135 Å². The number of nitrogens with zero attached hydrogens (tertiary/aromatic N) is 2. The largest absolute Gasteiger partial charge is 0.373 e. The van der Waals surface area contributed by atoms with Crippen molar-refractivity contribution in [1.82, 2.24) is 13.9 Å². The van der Waals surface area contributed by atoms with Gasteiger partial charge in [-0.15, -0.1) is 0 Å².